The Morgan fingerprint density at radius 3 is 3.00 bits per heavy atom. The highest BCUT2D eigenvalue weighted by Crippen LogP contribution is 2.17. The molecule has 1 saturated heterocycles. The monoisotopic (exact) mass is 242 g/mol. The zero-order valence-corrected chi connectivity index (χ0v) is 11.3. The molecule has 4 heteroatoms. The molecular weight excluding hydrogens is 216 g/mol. The second kappa shape index (κ2) is 7.67. The number of nitrogens with one attached hydrogen (secondary N) is 2. The van der Waals surface area contributed by atoms with E-state index in [1.165, 1.54) is 6.42 Å². The molecule has 4 nitrogen and oxygen atoms in total. The van der Waals surface area contributed by atoms with Gasteiger partial charge in [-0.2, -0.15) is 0 Å². The average Bonchev–Trinajstić information content (AvgIpc) is 2.35. The molecule has 0 radical (unpaired) electrons. The zero-order valence-electron chi connectivity index (χ0n) is 11.3. The van der Waals surface area contributed by atoms with Crippen molar-refractivity contribution in [2.45, 2.75) is 39.2 Å². The fourth-order valence-electron chi connectivity index (χ4n) is 2.11. The summed E-state index contributed by atoms with van der Waals surface area (Å²) in [4.78, 5) is 11.6. The number of piperidine rings is 1. The van der Waals surface area contributed by atoms with Crippen molar-refractivity contribution < 1.29 is 9.53 Å². The van der Waals surface area contributed by atoms with E-state index in [-0.39, 0.29) is 12.0 Å². The van der Waals surface area contributed by atoms with E-state index in [9.17, 15) is 4.79 Å². The van der Waals surface area contributed by atoms with Crippen LogP contribution in [0.1, 0.15) is 33.1 Å². The first-order valence-corrected chi connectivity index (χ1v) is 6.63. The Kier molecular flexibility index (Phi) is 6.52. The molecule has 0 aromatic heterocycles. The molecule has 0 aromatic carbocycles. The van der Waals surface area contributed by atoms with Crippen molar-refractivity contribution in [1.82, 2.24) is 10.6 Å². The van der Waals surface area contributed by atoms with Gasteiger partial charge >= 0.3 is 0 Å². The van der Waals surface area contributed by atoms with Gasteiger partial charge in [0.25, 0.3) is 0 Å². The number of amides is 1. The van der Waals surface area contributed by atoms with E-state index in [0.29, 0.717) is 18.3 Å². The molecule has 2 N–H and O–H groups in total. The summed E-state index contributed by atoms with van der Waals surface area (Å²) in [5.74, 6) is 1.42. The van der Waals surface area contributed by atoms with Gasteiger partial charge in [-0.15, -0.1) is 0 Å². The van der Waals surface area contributed by atoms with Crippen molar-refractivity contribution in [3.63, 3.8) is 0 Å². The van der Waals surface area contributed by atoms with Crippen LogP contribution in [0.4, 0.5) is 0 Å². The number of carbonyl (C=O) groups excluding carboxylic acids is 1. The minimum absolute atomic E-state index is 0.145. The van der Waals surface area contributed by atoms with Gasteiger partial charge in [0, 0.05) is 20.1 Å². The molecule has 1 aliphatic heterocycles. The lowest BCUT2D eigenvalue weighted by atomic mass is 9.88. The lowest BCUT2D eigenvalue weighted by Gasteiger charge is -2.29. The Labute approximate surface area is 104 Å². The minimum Gasteiger partial charge on any atom is -0.382 e. The molecule has 1 fully saturated rings. The van der Waals surface area contributed by atoms with E-state index < -0.39 is 0 Å². The van der Waals surface area contributed by atoms with Crippen LogP contribution in [-0.4, -0.2) is 38.8 Å². The fraction of sp³-hybridized carbons (Fsp3) is 0.923. The molecule has 1 heterocycles. The predicted molar refractivity (Wildman–Crippen MR) is 68.9 cm³/mol. The topological polar surface area (TPSA) is 50.4 Å². The third-order valence-corrected chi connectivity index (χ3v) is 3.73. The van der Waals surface area contributed by atoms with Crippen molar-refractivity contribution in [3.8, 4) is 0 Å². The molecule has 3 unspecified atom stereocenters. The smallest absolute Gasteiger partial charge is 0.220 e. The van der Waals surface area contributed by atoms with Crippen LogP contribution in [-0.2, 0) is 9.53 Å². The maximum Gasteiger partial charge on any atom is 0.220 e. The number of rotatable bonds is 6. The third-order valence-electron chi connectivity index (χ3n) is 3.73. The molecule has 0 spiro atoms. The molecule has 1 amide bonds. The van der Waals surface area contributed by atoms with Crippen LogP contribution in [0.3, 0.4) is 0 Å². The molecule has 100 valence electrons. The molecule has 17 heavy (non-hydrogen) atoms. The largest absolute Gasteiger partial charge is 0.382 e. The summed E-state index contributed by atoms with van der Waals surface area (Å²) in [7, 11) is 1.68. The fourth-order valence-corrected chi connectivity index (χ4v) is 2.11. The van der Waals surface area contributed by atoms with Gasteiger partial charge in [-0.25, -0.2) is 0 Å². The molecule has 1 rings (SSSR count). The van der Waals surface area contributed by atoms with E-state index in [2.05, 4.69) is 17.6 Å². The summed E-state index contributed by atoms with van der Waals surface area (Å²) in [6, 6.07) is 0. The molecule has 3 atom stereocenters. The van der Waals surface area contributed by atoms with Gasteiger partial charge < -0.3 is 15.4 Å². The summed E-state index contributed by atoms with van der Waals surface area (Å²) in [5.41, 5.74) is 0. The van der Waals surface area contributed by atoms with E-state index in [4.69, 9.17) is 4.74 Å². The van der Waals surface area contributed by atoms with E-state index in [1.54, 1.807) is 7.11 Å². The summed E-state index contributed by atoms with van der Waals surface area (Å²) < 4.78 is 5.12. The van der Waals surface area contributed by atoms with Crippen LogP contribution in [0.25, 0.3) is 0 Å². The lowest BCUT2D eigenvalue weighted by molar-refractivity contribution is -0.122. The first-order valence-electron chi connectivity index (χ1n) is 6.63. The highest BCUT2D eigenvalue weighted by Gasteiger charge is 2.21. The SMILES string of the molecule is COC(C)CCC(=O)NCC1CNCCC1C. The van der Waals surface area contributed by atoms with E-state index in [1.807, 2.05) is 6.92 Å². The Morgan fingerprint density at radius 2 is 2.35 bits per heavy atom. The molecular formula is C13H26N2O2. The molecule has 0 aromatic rings. The average molecular weight is 242 g/mol. The number of hydrogen-bond acceptors (Lipinski definition) is 3. The maximum absolute atomic E-state index is 11.6. The second-order valence-electron chi connectivity index (χ2n) is 5.12. The van der Waals surface area contributed by atoms with Crippen molar-refractivity contribution in [2.24, 2.45) is 11.8 Å². The first kappa shape index (κ1) is 14.5. The van der Waals surface area contributed by atoms with Gasteiger partial charge in [-0.3, -0.25) is 4.79 Å². The minimum atomic E-state index is 0.145. The number of methoxy groups -OCH3 is 1. The van der Waals surface area contributed by atoms with Crippen LogP contribution in [0.2, 0.25) is 0 Å². The Morgan fingerprint density at radius 1 is 1.59 bits per heavy atom. The van der Waals surface area contributed by atoms with E-state index in [0.717, 1.165) is 26.1 Å². The van der Waals surface area contributed by atoms with Crippen molar-refractivity contribution in [2.75, 3.05) is 26.7 Å². The number of hydrogen-bond donors (Lipinski definition) is 2. The highest BCUT2D eigenvalue weighted by molar-refractivity contribution is 5.75. The van der Waals surface area contributed by atoms with Gasteiger partial charge in [0.1, 0.15) is 0 Å². The van der Waals surface area contributed by atoms with Crippen LogP contribution in [0.15, 0.2) is 0 Å². The zero-order chi connectivity index (χ0) is 12.7. The van der Waals surface area contributed by atoms with Gasteiger partial charge in [-0.1, -0.05) is 6.92 Å². The summed E-state index contributed by atoms with van der Waals surface area (Å²) in [6.45, 7) is 7.19. The number of carbonyl (C=O) groups is 1. The van der Waals surface area contributed by atoms with E-state index >= 15 is 0 Å². The summed E-state index contributed by atoms with van der Waals surface area (Å²) >= 11 is 0. The lowest BCUT2D eigenvalue weighted by Crippen LogP contribution is -2.42. The van der Waals surface area contributed by atoms with Crippen molar-refractivity contribution in [3.05, 3.63) is 0 Å². The molecule has 0 aliphatic carbocycles. The van der Waals surface area contributed by atoms with Crippen LogP contribution >= 0.6 is 0 Å². The van der Waals surface area contributed by atoms with Crippen LogP contribution in [0.5, 0.6) is 0 Å². The highest BCUT2D eigenvalue weighted by atomic mass is 16.5. The maximum atomic E-state index is 11.6. The summed E-state index contributed by atoms with van der Waals surface area (Å²) in [5, 5.41) is 6.40. The summed E-state index contributed by atoms with van der Waals surface area (Å²) in [6.07, 6.45) is 2.72. The first-order chi connectivity index (χ1) is 8.13. The molecule has 0 bridgehead atoms. The molecule has 0 saturated carbocycles. The van der Waals surface area contributed by atoms with Crippen molar-refractivity contribution >= 4 is 5.91 Å². The normalized spacial score (nSPS) is 26.5. The van der Waals surface area contributed by atoms with Crippen molar-refractivity contribution in [1.29, 1.82) is 0 Å². The standard InChI is InChI=1S/C13H26N2O2/c1-10-6-7-14-8-12(10)9-15-13(16)5-4-11(2)17-3/h10-12,14H,4-9H2,1-3H3,(H,15,16). The van der Waals surface area contributed by atoms with Gasteiger partial charge in [0.05, 0.1) is 6.10 Å². The predicted octanol–water partition coefficient (Wildman–Crippen LogP) is 1.16. The quantitative estimate of drug-likeness (QED) is 0.735. The van der Waals surface area contributed by atoms with Gasteiger partial charge in [0.15, 0.2) is 0 Å². The van der Waals surface area contributed by atoms with Crippen LogP contribution in [0, 0.1) is 11.8 Å². The van der Waals surface area contributed by atoms with Gasteiger partial charge in [0.2, 0.25) is 5.91 Å². The Balaban J connectivity index is 2.14. The Bertz CT molecular complexity index is 233. The third kappa shape index (κ3) is 5.50. The van der Waals surface area contributed by atoms with Crippen LogP contribution < -0.4 is 10.6 Å². The second-order valence-corrected chi connectivity index (χ2v) is 5.12. The Hall–Kier alpha value is -0.610. The molecule has 1 aliphatic rings. The van der Waals surface area contributed by atoms with Gasteiger partial charge in [-0.05, 0) is 44.7 Å². The number of ether oxygens (including phenoxy) is 1.